The van der Waals surface area contributed by atoms with Gasteiger partial charge >= 0.3 is 0 Å². The quantitative estimate of drug-likeness (QED) is 0.841. The molecule has 1 heterocycles. The second-order valence-electron chi connectivity index (χ2n) is 4.61. The molecule has 104 valence electrons. The summed E-state index contributed by atoms with van der Waals surface area (Å²) in [5.74, 6) is 4.42. The number of halogens is 1. The molecule has 5 heteroatoms. The van der Waals surface area contributed by atoms with Crippen molar-refractivity contribution in [1.82, 2.24) is 5.32 Å². The summed E-state index contributed by atoms with van der Waals surface area (Å²) in [6, 6.07) is 5.29. The van der Waals surface area contributed by atoms with E-state index in [0.717, 1.165) is 15.7 Å². The zero-order chi connectivity index (χ0) is 14.7. The highest BCUT2D eigenvalue weighted by atomic mass is 79.9. The minimum Gasteiger partial charge on any atom is -0.333 e. The molecule has 0 unspecified atom stereocenters. The lowest BCUT2D eigenvalue weighted by molar-refractivity contribution is -0.123. The minimum atomic E-state index is -0.479. The number of anilines is 1. The Balaban J connectivity index is 2.12. The number of benzene rings is 1. The van der Waals surface area contributed by atoms with E-state index in [2.05, 4.69) is 33.1 Å². The van der Waals surface area contributed by atoms with Crippen LogP contribution in [0.4, 0.5) is 5.69 Å². The van der Waals surface area contributed by atoms with Crippen LogP contribution < -0.4 is 10.2 Å². The molecule has 1 aliphatic heterocycles. The third kappa shape index (κ3) is 3.02. The molecule has 1 aliphatic rings. The molecule has 1 aromatic carbocycles. The van der Waals surface area contributed by atoms with Gasteiger partial charge in [0.05, 0.1) is 0 Å². The molecule has 20 heavy (non-hydrogen) atoms. The van der Waals surface area contributed by atoms with Gasteiger partial charge in [-0.1, -0.05) is 21.9 Å². The SMILES string of the molecule is CC#CC(=O)N[C@H]1CCN(c2ccc(Br)c(C)c2)C1=O. The predicted octanol–water partition coefficient (Wildman–Crippen LogP) is 2.00. The fourth-order valence-electron chi connectivity index (χ4n) is 2.17. The van der Waals surface area contributed by atoms with Gasteiger partial charge in [0, 0.05) is 16.7 Å². The summed E-state index contributed by atoms with van der Waals surface area (Å²) in [7, 11) is 0. The molecular weight excluding hydrogens is 320 g/mol. The number of hydrogen-bond acceptors (Lipinski definition) is 2. The Hall–Kier alpha value is -1.80. The molecule has 1 aromatic rings. The number of nitrogens with one attached hydrogen (secondary N) is 1. The van der Waals surface area contributed by atoms with Gasteiger partial charge in [0.2, 0.25) is 5.91 Å². The van der Waals surface area contributed by atoms with E-state index in [1.807, 2.05) is 25.1 Å². The summed E-state index contributed by atoms with van der Waals surface area (Å²) in [6.45, 7) is 4.17. The second kappa shape index (κ2) is 6.10. The van der Waals surface area contributed by atoms with Gasteiger partial charge in [0.15, 0.2) is 0 Å². The number of hydrogen-bond donors (Lipinski definition) is 1. The Morgan fingerprint density at radius 3 is 2.90 bits per heavy atom. The van der Waals surface area contributed by atoms with Crippen LogP contribution in [0.3, 0.4) is 0 Å². The van der Waals surface area contributed by atoms with Crippen molar-refractivity contribution >= 4 is 33.4 Å². The van der Waals surface area contributed by atoms with E-state index >= 15 is 0 Å². The van der Waals surface area contributed by atoms with Crippen LogP contribution in [0.25, 0.3) is 0 Å². The van der Waals surface area contributed by atoms with Crippen molar-refractivity contribution < 1.29 is 9.59 Å². The Kier molecular flexibility index (Phi) is 4.46. The number of nitrogens with zero attached hydrogens (tertiary/aromatic N) is 1. The van der Waals surface area contributed by atoms with Crippen LogP contribution in [0.5, 0.6) is 0 Å². The lowest BCUT2D eigenvalue weighted by Gasteiger charge is -2.17. The van der Waals surface area contributed by atoms with E-state index in [1.54, 1.807) is 11.8 Å². The molecule has 2 rings (SSSR count). The highest BCUT2D eigenvalue weighted by Gasteiger charge is 2.33. The topological polar surface area (TPSA) is 49.4 Å². The highest BCUT2D eigenvalue weighted by molar-refractivity contribution is 9.10. The molecule has 0 saturated carbocycles. The van der Waals surface area contributed by atoms with E-state index in [1.165, 1.54) is 0 Å². The first-order valence-electron chi connectivity index (χ1n) is 6.33. The molecule has 4 nitrogen and oxygen atoms in total. The van der Waals surface area contributed by atoms with Gasteiger partial charge in [-0.2, -0.15) is 0 Å². The minimum absolute atomic E-state index is 0.0852. The first kappa shape index (κ1) is 14.6. The molecule has 1 N–H and O–H groups in total. The normalized spacial score (nSPS) is 17.6. The summed E-state index contributed by atoms with van der Waals surface area (Å²) in [4.78, 5) is 25.4. The van der Waals surface area contributed by atoms with E-state index in [9.17, 15) is 9.59 Å². The van der Waals surface area contributed by atoms with Crippen LogP contribution in [-0.4, -0.2) is 24.4 Å². The average molecular weight is 335 g/mol. The maximum Gasteiger partial charge on any atom is 0.296 e. The third-order valence-corrected chi connectivity index (χ3v) is 4.09. The summed E-state index contributed by atoms with van der Waals surface area (Å²) < 4.78 is 1.01. The first-order chi connectivity index (χ1) is 9.52. The molecule has 0 radical (unpaired) electrons. The van der Waals surface area contributed by atoms with E-state index in [-0.39, 0.29) is 5.91 Å². The van der Waals surface area contributed by atoms with Crippen molar-refractivity contribution in [2.45, 2.75) is 26.3 Å². The van der Waals surface area contributed by atoms with Crippen molar-refractivity contribution in [1.29, 1.82) is 0 Å². The zero-order valence-electron chi connectivity index (χ0n) is 11.4. The largest absolute Gasteiger partial charge is 0.333 e. The van der Waals surface area contributed by atoms with E-state index < -0.39 is 11.9 Å². The lowest BCUT2D eigenvalue weighted by Crippen LogP contribution is -2.41. The summed E-state index contributed by atoms with van der Waals surface area (Å²) >= 11 is 3.44. The molecule has 1 fully saturated rings. The van der Waals surface area contributed by atoms with Crippen LogP contribution in [0, 0.1) is 18.8 Å². The van der Waals surface area contributed by atoms with Crippen molar-refractivity contribution in [2.24, 2.45) is 0 Å². The predicted molar refractivity (Wildman–Crippen MR) is 81.2 cm³/mol. The summed E-state index contributed by atoms with van der Waals surface area (Å²) in [5.41, 5.74) is 1.92. The molecule has 0 spiro atoms. The van der Waals surface area contributed by atoms with Gasteiger partial charge in [0.1, 0.15) is 6.04 Å². The Morgan fingerprint density at radius 2 is 2.25 bits per heavy atom. The first-order valence-corrected chi connectivity index (χ1v) is 7.13. The van der Waals surface area contributed by atoms with Gasteiger partial charge in [-0.25, -0.2) is 0 Å². The Labute approximate surface area is 126 Å². The zero-order valence-corrected chi connectivity index (χ0v) is 13.0. The second-order valence-corrected chi connectivity index (χ2v) is 5.47. The summed E-state index contributed by atoms with van der Waals surface area (Å²) in [6.07, 6.45) is 0.602. The van der Waals surface area contributed by atoms with Crippen molar-refractivity contribution in [3.8, 4) is 11.8 Å². The fourth-order valence-corrected chi connectivity index (χ4v) is 2.42. The van der Waals surface area contributed by atoms with Crippen LogP contribution in [0.15, 0.2) is 22.7 Å². The standard InChI is InChI=1S/C15H15BrN2O2/c1-3-4-14(19)17-13-7-8-18(15(13)20)11-5-6-12(16)10(2)9-11/h5-6,9,13H,7-8H2,1-2H3,(H,17,19)/t13-/m0/s1. The maximum absolute atomic E-state index is 12.3. The van der Waals surface area contributed by atoms with Crippen LogP contribution in [0.2, 0.25) is 0 Å². The third-order valence-electron chi connectivity index (χ3n) is 3.20. The van der Waals surface area contributed by atoms with Gasteiger partial charge in [0.25, 0.3) is 5.91 Å². The molecular formula is C15H15BrN2O2. The number of rotatable bonds is 2. The summed E-state index contributed by atoms with van der Waals surface area (Å²) in [5, 5.41) is 2.64. The van der Waals surface area contributed by atoms with Crippen LogP contribution in [0.1, 0.15) is 18.9 Å². The molecule has 1 saturated heterocycles. The van der Waals surface area contributed by atoms with Gasteiger partial charge in [-0.3, -0.25) is 9.59 Å². The number of aryl methyl sites for hydroxylation is 1. The Morgan fingerprint density at radius 1 is 1.50 bits per heavy atom. The number of carbonyl (C=O) groups excluding carboxylic acids is 2. The maximum atomic E-state index is 12.3. The van der Waals surface area contributed by atoms with Crippen LogP contribution in [-0.2, 0) is 9.59 Å². The molecule has 0 aliphatic carbocycles. The van der Waals surface area contributed by atoms with Crippen molar-refractivity contribution in [2.75, 3.05) is 11.4 Å². The van der Waals surface area contributed by atoms with Gasteiger partial charge in [-0.05, 0) is 50.0 Å². The molecule has 0 bridgehead atoms. The van der Waals surface area contributed by atoms with Crippen molar-refractivity contribution in [3.05, 3.63) is 28.2 Å². The highest BCUT2D eigenvalue weighted by Crippen LogP contribution is 2.26. The molecule has 2 amide bonds. The molecule has 0 aromatic heterocycles. The van der Waals surface area contributed by atoms with Crippen molar-refractivity contribution in [3.63, 3.8) is 0 Å². The number of carbonyl (C=O) groups is 2. The number of amides is 2. The van der Waals surface area contributed by atoms with Crippen LogP contribution >= 0.6 is 15.9 Å². The molecule has 1 atom stereocenters. The monoisotopic (exact) mass is 334 g/mol. The lowest BCUT2D eigenvalue weighted by atomic mass is 10.2. The smallest absolute Gasteiger partial charge is 0.296 e. The van der Waals surface area contributed by atoms with E-state index in [4.69, 9.17) is 0 Å². The fraction of sp³-hybridized carbons (Fsp3) is 0.333. The Bertz CT molecular complexity index is 616. The van der Waals surface area contributed by atoms with Gasteiger partial charge in [-0.15, -0.1) is 0 Å². The average Bonchev–Trinajstić information content (AvgIpc) is 2.75. The van der Waals surface area contributed by atoms with E-state index in [0.29, 0.717) is 13.0 Å². The van der Waals surface area contributed by atoms with Gasteiger partial charge < -0.3 is 10.2 Å².